The van der Waals surface area contributed by atoms with Gasteiger partial charge in [0.05, 0.1) is 5.69 Å². The molecular weight excluding hydrogens is 202 g/mol. The van der Waals surface area contributed by atoms with Crippen LogP contribution in [-0.4, -0.2) is 21.7 Å². The molecule has 0 spiro atoms. The Hall–Kier alpha value is -1.32. The SMILES string of the molecule is Cc1cc(C)n(C(C)C(=O)NC2CC2C)n1. The second-order valence-corrected chi connectivity index (χ2v) is 4.88. The van der Waals surface area contributed by atoms with Crippen LogP contribution in [0.25, 0.3) is 0 Å². The fourth-order valence-electron chi connectivity index (χ4n) is 1.98. The van der Waals surface area contributed by atoms with Gasteiger partial charge in [0.25, 0.3) is 0 Å². The Balaban J connectivity index is 2.03. The van der Waals surface area contributed by atoms with Crippen molar-refractivity contribution < 1.29 is 4.79 Å². The van der Waals surface area contributed by atoms with E-state index >= 15 is 0 Å². The van der Waals surface area contributed by atoms with Crippen LogP contribution >= 0.6 is 0 Å². The van der Waals surface area contributed by atoms with Crippen LogP contribution < -0.4 is 5.32 Å². The lowest BCUT2D eigenvalue weighted by Crippen LogP contribution is -2.34. The number of nitrogens with one attached hydrogen (secondary N) is 1. The van der Waals surface area contributed by atoms with Crippen LogP contribution in [0.3, 0.4) is 0 Å². The Labute approximate surface area is 96.0 Å². The van der Waals surface area contributed by atoms with Crippen LogP contribution in [0.15, 0.2) is 6.07 Å². The molecule has 4 nitrogen and oxygen atoms in total. The van der Waals surface area contributed by atoms with Gasteiger partial charge >= 0.3 is 0 Å². The molecule has 16 heavy (non-hydrogen) atoms. The van der Waals surface area contributed by atoms with Crippen LogP contribution in [0.5, 0.6) is 0 Å². The van der Waals surface area contributed by atoms with E-state index in [2.05, 4.69) is 17.3 Å². The zero-order valence-corrected chi connectivity index (χ0v) is 10.3. The number of aryl methyl sites for hydroxylation is 2. The molecular formula is C12H19N3O. The summed E-state index contributed by atoms with van der Waals surface area (Å²) in [5.41, 5.74) is 1.99. The molecule has 1 amide bonds. The standard InChI is InChI=1S/C12H19N3O/c1-7-5-11(7)13-12(16)10(4)15-9(3)6-8(2)14-15/h6-7,10-11H,5H2,1-4H3,(H,13,16). The van der Waals surface area contributed by atoms with Crippen molar-refractivity contribution >= 4 is 5.91 Å². The van der Waals surface area contributed by atoms with Crippen LogP contribution in [0, 0.1) is 19.8 Å². The summed E-state index contributed by atoms with van der Waals surface area (Å²) >= 11 is 0. The van der Waals surface area contributed by atoms with Gasteiger partial charge in [-0.15, -0.1) is 0 Å². The van der Waals surface area contributed by atoms with Crippen molar-refractivity contribution in [3.05, 3.63) is 17.5 Å². The van der Waals surface area contributed by atoms with E-state index in [4.69, 9.17) is 0 Å². The van der Waals surface area contributed by atoms with E-state index in [0.717, 1.165) is 17.8 Å². The van der Waals surface area contributed by atoms with Gasteiger partial charge in [-0.3, -0.25) is 9.48 Å². The molecule has 1 aliphatic rings. The zero-order valence-electron chi connectivity index (χ0n) is 10.3. The lowest BCUT2D eigenvalue weighted by atomic mass is 10.3. The minimum Gasteiger partial charge on any atom is -0.351 e. The van der Waals surface area contributed by atoms with Gasteiger partial charge in [0.2, 0.25) is 5.91 Å². The Kier molecular flexibility index (Phi) is 2.74. The fraction of sp³-hybridized carbons (Fsp3) is 0.667. The average Bonchev–Trinajstić information content (AvgIpc) is 2.77. The molecule has 1 heterocycles. The molecule has 1 saturated carbocycles. The van der Waals surface area contributed by atoms with E-state index < -0.39 is 0 Å². The van der Waals surface area contributed by atoms with Crippen molar-refractivity contribution in [1.82, 2.24) is 15.1 Å². The van der Waals surface area contributed by atoms with Crippen LogP contribution in [0.1, 0.15) is 37.7 Å². The summed E-state index contributed by atoms with van der Waals surface area (Å²) in [6.07, 6.45) is 1.11. The van der Waals surface area contributed by atoms with Crippen LogP contribution in [-0.2, 0) is 4.79 Å². The zero-order chi connectivity index (χ0) is 11.9. The fourth-order valence-corrected chi connectivity index (χ4v) is 1.98. The topological polar surface area (TPSA) is 46.9 Å². The van der Waals surface area contributed by atoms with Gasteiger partial charge in [-0.25, -0.2) is 0 Å². The van der Waals surface area contributed by atoms with Gasteiger partial charge in [-0.2, -0.15) is 5.10 Å². The maximum atomic E-state index is 11.9. The number of carbonyl (C=O) groups excluding carboxylic acids is 1. The third-order valence-electron chi connectivity index (χ3n) is 3.23. The van der Waals surface area contributed by atoms with Crippen molar-refractivity contribution in [1.29, 1.82) is 0 Å². The molecule has 3 unspecified atom stereocenters. The summed E-state index contributed by atoms with van der Waals surface area (Å²) in [6, 6.07) is 2.15. The van der Waals surface area contributed by atoms with Gasteiger partial charge in [-0.05, 0) is 39.2 Å². The van der Waals surface area contributed by atoms with E-state index in [1.165, 1.54) is 0 Å². The van der Waals surface area contributed by atoms with Gasteiger partial charge in [-0.1, -0.05) is 6.92 Å². The lowest BCUT2D eigenvalue weighted by Gasteiger charge is -2.14. The summed E-state index contributed by atoms with van der Waals surface area (Å²) in [5, 5.41) is 7.37. The van der Waals surface area contributed by atoms with E-state index in [0.29, 0.717) is 12.0 Å². The Morgan fingerprint density at radius 3 is 2.69 bits per heavy atom. The highest BCUT2D eigenvalue weighted by atomic mass is 16.2. The molecule has 1 aromatic rings. The molecule has 88 valence electrons. The summed E-state index contributed by atoms with van der Waals surface area (Å²) in [5.74, 6) is 0.706. The van der Waals surface area contributed by atoms with E-state index in [9.17, 15) is 4.79 Å². The first kappa shape index (κ1) is 11.2. The van der Waals surface area contributed by atoms with Crippen molar-refractivity contribution in [2.24, 2.45) is 5.92 Å². The normalized spacial score (nSPS) is 25.2. The number of aromatic nitrogens is 2. The first-order chi connectivity index (χ1) is 7.49. The van der Waals surface area contributed by atoms with Crippen LogP contribution in [0.2, 0.25) is 0 Å². The quantitative estimate of drug-likeness (QED) is 0.842. The molecule has 0 saturated heterocycles. The molecule has 0 aromatic carbocycles. The average molecular weight is 221 g/mol. The number of hydrogen-bond acceptors (Lipinski definition) is 2. The monoisotopic (exact) mass is 221 g/mol. The van der Waals surface area contributed by atoms with E-state index in [1.54, 1.807) is 4.68 Å². The van der Waals surface area contributed by atoms with Crippen molar-refractivity contribution in [2.45, 2.75) is 46.2 Å². The van der Waals surface area contributed by atoms with E-state index in [1.807, 2.05) is 26.8 Å². The van der Waals surface area contributed by atoms with Crippen molar-refractivity contribution in [2.75, 3.05) is 0 Å². The summed E-state index contributed by atoms with van der Waals surface area (Å²) in [7, 11) is 0. The van der Waals surface area contributed by atoms with Crippen LogP contribution in [0.4, 0.5) is 0 Å². The van der Waals surface area contributed by atoms with Crippen molar-refractivity contribution in [3.8, 4) is 0 Å². The second-order valence-electron chi connectivity index (χ2n) is 4.88. The van der Waals surface area contributed by atoms with Crippen molar-refractivity contribution in [3.63, 3.8) is 0 Å². The Morgan fingerprint density at radius 2 is 2.25 bits per heavy atom. The minimum atomic E-state index is -0.221. The predicted octanol–water partition coefficient (Wildman–Crippen LogP) is 1.59. The highest BCUT2D eigenvalue weighted by Gasteiger charge is 2.35. The van der Waals surface area contributed by atoms with Gasteiger partial charge in [0, 0.05) is 11.7 Å². The molecule has 1 fully saturated rings. The Morgan fingerprint density at radius 1 is 1.62 bits per heavy atom. The van der Waals surface area contributed by atoms with Gasteiger partial charge < -0.3 is 5.32 Å². The van der Waals surface area contributed by atoms with Gasteiger partial charge in [0.15, 0.2) is 0 Å². The highest BCUT2D eigenvalue weighted by Crippen LogP contribution is 2.29. The number of rotatable bonds is 3. The lowest BCUT2D eigenvalue weighted by molar-refractivity contribution is -0.124. The Bertz CT molecular complexity index is 410. The number of nitrogens with zero attached hydrogens (tertiary/aromatic N) is 2. The molecule has 3 atom stereocenters. The third kappa shape index (κ3) is 2.10. The minimum absolute atomic E-state index is 0.0700. The smallest absolute Gasteiger partial charge is 0.244 e. The maximum Gasteiger partial charge on any atom is 0.244 e. The highest BCUT2D eigenvalue weighted by molar-refractivity contribution is 5.80. The predicted molar refractivity (Wildman–Crippen MR) is 62.1 cm³/mol. The molecule has 1 aromatic heterocycles. The molecule has 0 radical (unpaired) electrons. The maximum absolute atomic E-state index is 11.9. The molecule has 1 N–H and O–H groups in total. The first-order valence-corrected chi connectivity index (χ1v) is 5.82. The number of hydrogen-bond donors (Lipinski definition) is 1. The first-order valence-electron chi connectivity index (χ1n) is 5.82. The molecule has 1 aliphatic carbocycles. The van der Waals surface area contributed by atoms with Gasteiger partial charge in [0.1, 0.15) is 6.04 Å². The second kappa shape index (κ2) is 3.92. The molecule has 2 rings (SSSR count). The molecule has 0 bridgehead atoms. The third-order valence-corrected chi connectivity index (χ3v) is 3.23. The molecule has 0 aliphatic heterocycles. The number of carbonyl (C=O) groups is 1. The largest absolute Gasteiger partial charge is 0.351 e. The summed E-state index contributed by atoms with van der Waals surface area (Å²) < 4.78 is 1.79. The summed E-state index contributed by atoms with van der Waals surface area (Å²) in [6.45, 7) is 7.96. The van der Waals surface area contributed by atoms with E-state index in [-0.39, 0.29) is 11.9 Å². The summed E-state index contributed by atoms with van der Waals surface area (Å²) in [4.78, 5) is 11.9. The number of amides is 1. The molecule has 4 heteroatoms.